The van der Waals surface area contributed by atoms with Crippen molar-refractivity contribution in [3.63, 3.8) is 0 Å². The summed E-state index contributed by atoms with van der Waals surface area (Å²) in [5, 5.41) is 10.1. The zero-order valence-electron chi connectivity index (χ0n) is 15.0. The molecule has 6 heteroatoms. The average Bonchev–Trinajstić information content (AvgIpc) is 3.23. The van der Waals surface area contributed by atoms with Gasteiger partial charge in [-0.3, -0.25) is 4.68 Å². The Kier molecular flexibility index (Phi) is 5.58. The average molecular weight is 341 g/mol. The van der Waals surface area contributed by atoms with Crippen molar-refractivity contribution in [3.05, 3.63) is 42.7 Å². The van der Waals surface area contributed by atoms with Crippen molar-refractivity contribution in [1.82, 2.24) is 15.1 Å². The van der Waals surface area contributed by atoms with E-state index in [0.717, 1.165) is 31.7 Å². The molecule has 0 saturated carbocycles. The van der Waals surface area contributed by atoms with Crippen LogP contribution in [0, 0.1) is 11.8 Å². The van der Waals surface area contributed by atoms with Crippen LogP contribution in [-0.4, -0.2) is 35.4 Å². The molecule has 0 unspecified atom stereocenters. The number of carbonyl (C=O) groups excluding carboxylic acids is 1. The molecule has 2 N–H and O–H groups in total. The zero-order chi connectivity index (χ0) is 17.6. The van der Waals surface area contributed by atoms with E-state index in [1.807, 2.05) is 16.9 Å². The number of aromatic nitrogens is 2. The molecule has 1 saturated heterocycles. The first-order valence-corrected chi connectivity index (χ1v) is 8.97. The Morgan fingerprint density at radius 3 is 2.88 bits per heavy atom. The summed E-state index contributed by atoms with van der Waals surface area (Å²) in [6.07, 6.45) is 4.66. The number of hydrogen-bond donors (Lipinski definition) is 2. The standard InChI is InChI=1S/C19H27N5O/c1-15(2)12-24-14-17(11-21-24)22-19(25)20-10-16-8-9-23(13-16)18-6-4-3-5-7-18/h3-7,11,14-16H,8-10,12-13H2,1-2H3,(H2,20,22,25)/t16-/m1/s1. The summed E-state index contributed by atoms with van der Waals surface area (Å²) >= 11 is 0. The first-order valence-electron chi connectivity index (χ1n) is 8.97. The van der Waals surface area contributed by atoms with E-state index in [9.17, 15) is 4.79 Å². The molecule has 3 rings (SSSR count). The molecule has 1 aromatic heterocycles. The van der Waals surface area contributed by atoms with Gasteiger partial charge in [-0.2, -0.15) is 5.10 Å². The van der Waals surface area contributed by atoms with Crippen LogP contribution < -0.4 is 15.5 Å². The molecule has 0 radical (unpaired) electrons. The lowest BCUT2D eigenvalue weighted by atomic mass is 10.1. The van der Waals surface area contributed by atoms with Crippen molar-refractivity contribution < 1.29 is 4.79 Å². The second-order valence-corrected chi connectivity index (χ2v) is 7.12. The molecule has 0 aliphatic carbocycles. The number of hydrogen-bond acceptors (Lipinski definition) is 3. The third kappa shape index (κ3) is 4.98. The van der Waals surface area contributed by atoms with Crippen LogP contribution in [-0.2, 0) is 6.54 Å². The fraction of sp³-hybridized carbons (Fsp3) is 0.474. The van der Waals surface area contributed by atoms with E-state index in [1.54, 1.807) is 6.20 Å². The number of amides is 2. The van der Waals surface area contributed by atoms with Gasteiger partial charge in [-0.1, -0.05) is 32.0 Å². The van der Waals surface area contributed by atoms with Crippen LogP contribution >= 0.6 is 0 Å². The van der Waals surface area contributed by atoms with Crippen LogP contribution in [0.4, 0.5) is 16.2 Å². The minimum Gasteiger partial charge on any atom is -0.371 e. The van der Waals surface area contributed by atoms with Gasteiger partial charge in [0.15, 0.2) is 0 Å². The lowest BCUT2D eigenvalue weighted by Crippen LogP contribution is -2.34. The molecule has 6 nitrogen and oxygen atoms in total. The van der Waals surface area contributed by atoms with Crippen molar-refractivity contribution in [1.29, 1.82) is 0 Å². The molecule has 1 atom stereocenters. The number of nitrogens with one attached hydrogen (secondary N) is 2. The largest absolute Gasteiger partial charge is 0.371 e. The molecule has 1 aliphatic rings. The molecular weight excluding hydrogens is 314 g/mol. The van der Waals surface area contributed by atoms with Gasteiger partial charge in [-0.15, -0.1) is 0 Å². The topological polar surface area (TPSA) is 62.2 Å². The Hall–Kier alpha value is -2.50. The minimum atomic E-state index is -0.165. The second-order valence-electron chi connectivity index (χ2n) is 7.12. The number of para-hydroxylation sites is 1. The molecule has 1 aromatic carbocycles. The first-order chi connectivity index (χ1) is 12.1. The Labute approximate surface area is 149 Å². The summed E-state index contributed by atoms with van der Waals surface area (Å²) < 4.78 is 1.86. The number of rotatable bonds is 6. The van der Waals surface area contributed by atoms with E-state index in [1.165, 1.54) is 5.69 Å². The molecule has 134 valence electrons. The number of nitrogens with zero attached hydrogens (tertiary/aromatic N) is 3. The number of carbonyl (C=O) groups is 1. The Balaban J connectivity index is 1.41. The molecule has 1 aliphatic heterocycles. The maximum absolute atomic E-state index is 12.1. The molecule has 0 bridgehead atoms. The SMILES string of the molecule is CC(C)Cn1cc(NC(=O)NC[C@H]2CCN(c3ccccc3)C2)cn1. The van der Waals surface area contributed by atoms with Gasteiger partial charge in [-0.25, -0.2) is 4.79 Å². The maximum Gasteiger partial charge on any atom is 0.319 e. The summed E-state index contributed by atoms with van der Waals surface area (Å²) in [5.74, 6) is 1.01. The van der Waals surface area contributed by atoms with Gasteiger partial charge in [0, 0.05) is 38.1 Å². The van der Waals surface area contributed by atoms with Crippen molar-refractivity contribution in [2.45, 2.75) is 26.8 Å². The highest BCUT2D eigenvalue weighted by Crippen LogP contribution is 2.22. The Bertz CT molecular complexity index is 682. The normalized spacial score (nSPS) is 17.1. The summed E-state index contributed by atoms with van der Waals surface area (Å²) in [6.45, 7) is 7.84. The fourth-order valence-corrected chi connectivity index (χ4v) is 3.19. The van der Waals surface area contributed by atoms with Gasteiger partial charge < -0.3 is 15.5 Å². The highest BCUT2D eigenvalue weighted by molar-refractivity contribution is 5.88. The molecule has 25 heavy (non-hydrogen) atoms. The van der Waals surface area contributed by atoms with E-state index in [0.29, 0.717) is 18.4 Å². The lowest BCUT2D eigenvalue weighted by Gasteiger charge is -2.18. The summed E-state index contributed by atoms with van der Waals surface area (Å²) in [7, 11) is 0. The van der Waals surface area contributed by atoms with E-state index in [-0.39, 0.29) is 6.03 Å². The molecule has 0 spiro atoms. The van der Waals surface area contributed by atoms with Gasteiger partial charge >= 0.3 is 6.03 Å². The highest BCUT2D eigenvalue weighted by atomic mass is 16.2. The predicted molar refractivity (Wildman–Crippen MR) is 101 cm³/mol. The second kappa shape index (κ2) is 8.05. The Morgan fingerprint density at radius 1 is 1.32 bits per heavy atom. The molecule has 2 aromatic rings. The van der Waals surface area contributed by atoms with Crippen molar-refractivity contribution in [2.75, 3.05) is 29.9 Å². The number of urea groups is 1. The van der Waals surface area contributed by atoms with Crippen molar-refractivity contribution in [3.8, 4) is 0 Å². The van der Waals surface area contributed by atoms with Crippen LogP contribution in [0.2, 0.25) is 0 Å². The summed E-state index contributed by atoms with van der Waals surface area (Å²) in [6, 6.07) is 10.3. The fourth-order valence-electron chi connectivity index (χ4n) is 3.19. The number of anilines is 2. The van der Waals surface area contributed by atoms with Crippen LogP contribution in [0.15, 0.2) is 42.7 Å². The van der Waals surface area contributed by atoms with E-state index in [2.05, 4.69) is 58.7 Å². The van der Waals surface area contributed by atoms with Gasteiger partial charge in [0.25, 0.3) is 0 Å². The maximum atomic E-state index is 12.1. The summed E-state index contributed by atoms with van der Waals surface area (Å²) in [4.78, 5) is 14.5. The molecule has 2 heterocycles. The number of benzene rings is 1. The van der Waals surface area contributed by atoms with Gasteiger partial charge in [0.2, 0.25) is 0 Å². The zero-order valence-corrected chi connectivity index (χ0v) is 15.0. The van der Waals surface area contributed by atoms with Gasteiger partial charge in [0.1, 0.15) is 0 Å². The van der Waals surface area contributed by atoms with Crippen LogP contribution in [0.5, 0.6) is 0 Å². The van der Waals surface area contributed by atoms with Gasteiger partial charge in [-0.05, 0) is 30.4 Å². The van der Waals surface area contributed by atoms with E-state index in [4.69, 9.17) is 0 Å². The molecule has 2 amide bonds. The quantitative estimate of drug-likeness (QED) is 0.848. The molecular formula is C19H27N5O. The van der Waals surface area contributed by atoms with Crippen LogP contribution in [0.25, 0.3) is 0 Å². The third-order valence-electron chi connectivity index (χ3n) is 4.40. The van der Waals surface area contributed by atoms with Crippen molar-refractivity contribution in [2.24, 2.45) is 11.8 Å². The van der Waals surface area contributed by atoms with E-state index < -0.39 is 0 Å². The monoisotopic (exact) mass is 341 g/mol. The van der Waals surface area contributed by atoms with E-state index >= 15 is 0 Å². The van der Waals surface area contributed by atoms with Gasteiger partial charge in [0.05, 0.1) is 11.9 Å². The smallest absolute Gasteiger partial charge is 0.319 e. The third-order valence-corrected chi connectivity index (χ3v) is 4.40. The molecule has 1 fully saturated rings. The van der Waals surface area contributed by atoms with Crippen molar-refractivity contribution >= 4 is 17.4 Å². The van der Waals surface area contributed by atoms with Crippen LogP contribution in [0.1, 0.15) is 20.3 Å². The minimum absolute atomic E-state index is 0.165. The first kappa shape index (κ1) is 17.3. The Morgan fingerprint density at radius 2 is 2.12 bits per heavy atom. The van der Waals surface area contributed by atoms with Crippen LogP contribution in [0.3, 0.4) is 0 Å². The predicted octanol–water partition coefficient (Wildman–Crippen LogP) is 3.19. The summed E-state index contributed by atoms with van der Waals surface area (Å²) in [5.41, 5.74) is 1.99. The lowest BCUT2D eigenvalue weighted by molar-refractivity contribution is 0.250. The highest BCUT2D eigenvalue weighted by Gasteiger charge is 2.22.